The molecule has 0 spiro atoms. The van der Waals surface area contributed by atoms with Crippen LogP contribution in [0.5, 0.6) is 0 Å². The van der Waals surface area contributed by atoms with Crippen LogP contribution in [0, 0.1) is 0 Å². The van der Waals surface area contributed by atoms with Gasteiger partial charge in [0.2, 0.25) is 0 Å². The molecule has 1 unspecified atom stereocenters. The van der Waals surface area contributed by atoms with Gasteiger partial charge in [0.05, 0.1) is 0 Å². The van der Waals surface area contributed by atoms with Crippen LogP contribution in [0.25, 0.3) is 0 Å². The van der Waals surface area contributed by atoms with Crippen LogP contribution in [0.1, 0.15) is 265 Å². The number of carbonyl (C=O) groups excluding carboxylic acids is 3. The molecule has 6 nitrogen and oxygen atoms in total. The maximum absolute atomic E-state index is 12.9. The van der Waals surface area contributed by atoms with Gasteiger partial charge in [-0.15, -0.1) is 0 Å². The molecular formula is C67H110O6. The van der Waals surface area contributed by atoms with Crippen molar-refractivity contribution in [3.8, 4) is 0 Å². The van der Waals surface area contributed by atoms with Crippen molar-refractivity contribution in [3.63, 3.8) is 0 Å². The van der Waals surface area contributed by atoms with Crippen molar-refractivity contribution < 1.29 is 28.6 Å². The van der Waals surface area contributed by atoms with Crippen LogP contribution in [0.2, 0.25) is 0 Å². The van der Waals surface area contributed by atoms with Gasteiger partial charge in [-0.25, -0.2) is 0 Å². The first kappa shape index (κ1) is 68.8. The number of esters is 3. The Hall–Kier alpha value is -4.19. The molecule has 0 aliphatic carbocycles. The van der Waals surface area contributed by atoms with E-state index < -0.39 is 12.1 Å². The van der Waals surface area contributed by atoms with Gasteiger partial charge in [0.1, 0.15) is 13.2 Å². The topological polar surface area (TPSA) is 78.9 Å². The molecule has 0 N–H and O–H groups in total. The van der Waals surface area contributed by atoms with Crippen LogP contribution in [0.15, 0.2) is 122 Å². The first-order chi connectivity index (χ1) is 36.0. The molecule has 1 atom stereocenters. The van der Waals surface area contributed by atoms with Crippen molar-refractivity contribution >= 4 is 17.9 Å². The fourth-order valence-corrected chi connectivity index (χ4v) is 8.05. The monoisotopic (exact) mass is 1010 g/mol. The normalized spacial score (nSPS) is 13.0. The summed E-state index contributed by atoms with van der Waals surface area (Å²) >= 11 is 0. The molecule has 0 aromatic rings. The second-order valence-corrected chi connectivity index (χ2v) is 19.5. The van der Waals surface area contributed by atoms with Gasteiger partial charge >= 0.3 is 17.9 Å². The van der Waals surface area contributed by atoms with Gasteiger partial charge in [-0.3, -0.25) is 14.4 Å². The minimum Gasteiger partial charge on any atom is -0.462 e. The smallest absolute Gasteiger partial charge is 0.306 e. The summed E-state index contributed by atoms with van der Waals surface area (Å²) in [5.74, 6) is -1.00. The fraction of sp³-hybridized carbons (Fsp3) is 0.657. The predicted octanol–water partition coefficient (Wildman–Crippen LogP) is 20.4. The zero-order chi connectivity index (χ0) is 52.9. The zero-order valence-electron chi connectivity index (χ0n) is 47.4. The van der Waals surface area contributed by atoms with Gasteiger partial charge in [-0.05, 0) is 96.3 Å². The minimum absolute atomic E-state index is 0.111. The van der Waals surface area contributed by atoms with Gasteiger partial charge in [0.25, 0.3) is 0 Å². The number of allylic oxidation sites excluding steroid dienone is 20. The van der Waals surface area contributed by atoms with E-state index in [9.17, 15) is 14.4 Å². The Morgan fingerprint density at radius 1 is 0.288 bits per heavy atom. The van der Waals surface area contributed by atoms with Crippen LogP contribution in [-0.2, 0) is 28.6 Å². The first-order valence-electron chi connectivity index (χ1n) is 30.0. The molecule has 0 aromatic carbocycles. The molecule has 0 aromatic heterocycles. The summed E-state index contributed by atoms with van der Waals surface area (Å²) in [4.78, 5) is 38.2. The van der Waals surface area contributed by atoms with E-state index in [1.54, 1.807) is 0 Å². The van der Waals surface area contributed by atoms with E-state index in [-0.39, 0.29) is 31.6 Å². The minimum atomic E-state index is -0.824. The lowest BCUT2D eigenvalue weighted by molar-refractivity contribution is -0.166. The van der Waals surface area contributed by atoms with E-state index >= 15 is 0 Å². The number of hydrogen-bond donors (Lipinski definition) is 0. The van der Waals surface area contributed by atoms with E-state index in [1.165, 1.54) is 109 Å². The van der Waals surface area contributed by atoms with Gasteiger partial charge in [-0.2, -0.15) is 0 Å². The number of carbonyl (C=O) groups is 3. The van der Waals surface area contributed by atoms with Crippen molar-refractivity contribution in [2.45, 2.75) is 271 Å². The van der Waals surface area contributed by atoms with Gasteiger partial charge < -0.3 is 14.2 Å². The lowest BCUT2D eigenvalue weighted by Crippen LogP contribution is -2.30. The quantitative estimate of drug-likeness (QED) is 0.0261. The third-order valence-electron chi connectivity index (χ3n) is 12.5. The SMILES string of the molecule is CC/C=C\C/C=C\C/C=C\C/C=C\C/C=C\C/C=C\CCC(=O)OC(COC(=O)CCCCCCCCCC/C=C\C/C=C\C/C=C\C/C=C\CC)COC(=O)CCCCCCCCCCCCCCCCC. The van der Waals surface area contributed by atoms with E-state index in [2.05, 4.69) is 136 Å². The summed E-state index contributed by atoms with van der Waals surface area (Å²) in [5, 5.41) is 0. The van der Waals surface area contributed by atoms with Crippen LogP contribution in [-0.4, -0.2) is 37.2 Å². The zero-order valence-corrected chi connectivity index (χ0v) is 47.4. The highest BCUT2D eigenvalue weighted by Crippen LogP contribution is 2.15. The van der Waals surface area contributed by atoms with E-state index in [0.29, 0.717) is 19.3 Å². The van der Waals surface area contributed by atoms with E-state index in [1.807, 2.05) is 6.08 Å². The Morgan fingerprint density at radius 3 is 0.890 bits per heavy atom. The molecular weight excluding hydrogens is 901 g/mol. The summed E-state index contributed by atoms with van der Waals surface area (Å²) < 4.78 is 16.8. The van der Waals surface area contributed by atoms with Crippen LogP contribution in [0.3, 0.4) is 0 Å². The Labute approximate surface area is 450 Å². The molecule has 414 valence electrons. The number of ether oxygens (including phenoxy) is 3. The summed E-state index contributed by atoms with van der Waals surface area (Å²) in [5.41, 5.74) is 0. The standard InChI is InChI=1S/C67H110O6/c1-4-7-10-13-16-19-22-25-28-30-32-33-35-36-39-42-45-48-51-54-57-60-66(69)72-63-64(62-71-65(68)59-56-53-50-47-44-41-38-27-24-21-18-15-12-9-6-3)73-67(70)61-58-55-52-49-46-43-40-37-34-31-29-26-23-20-17-14-11-8-5-2/h7-8,10-11,16-17,19-20,25-26,28-29,32-34,37,43,46,52,55,64H,4-6,9,12-15,18,21-24,27,30-31,35-36,38-42,44-45,47-51,53-54,56-63H2,1-3H3/b10-7-,11-8-,19-16-,20-17-,28-25-,29-26-,33-32-,37-34-,46-43-,55-52-. The summed E-state index contributed by atoms with van der Waals surface area (Å²) in [7, 11) is 0. The van der Waals surface area contributed by atoms with Gasteiger partial charge in [0, 0.05) is 19.3 Å². The van der Waals surface area contributed by atoms with Gasteiger partial charge in [-0.1, -0.05) is 271 Å². The van der Waals surface area contributed by atoms with Crippen LogP contribution in [0.4, 0.5) is 0 Å². The highest BCUT2D eigenvalue weighted by atomic mass is 16.6. The number of hydrogen-bond acceptors (Lipinski definition) is 6. The molecule has 0 aliphatic rings. The van der Waals surface area contributed by atoms with Crippen molar-refractivity contribution in [2.75, 3.05) is 13.2 Å². The molecule has 0 saturated carbocycles. The molecule has 0 amide bonds. The highest BCUT2D eigenvalue weighted by molar-refractivity contribution is 5.71. The Balaban J connectivity index is 4.50. The van der Waals surface area contributed by atoms with Crippen molar-refractivity contribution in [2.24, 2.45) is 0 Å². The maximum atomic E-state index is 12.9. The van der Waals surface area contributed by atoms with Crippen molar-refractivity contribution in [3.05, 3.63) is 122 Å². The average Bonchev–Trinajstić information content (AvgIpc) is 3.39. The van der Waals surface area contributed by atoms with Crippen molar-refractivity contribution in [1.82, 2.24) is 0 Å². The first-order valence-corrected chi connectivity index (χ1v) is 30.0. The summed E-state index contributed by atoms with van der Waals surface area (Å²) in [6.45, 7) is 6.36. The average molecular weight is 1010 g/mol. The number of rotatable bonds is 53. The molecule has 6 heteroatoms. The Kier molecular flexibility index (Phi) is 56.9. The lowest BCUT2D eigenvalue weighted by atomic mass is 10.0. The van der Waals surface area contributed by atoms with Crippen LogP contribution >= 0.6 is 0 Å². The van der Waals surface area contributed by atoms with Crippen molar-refractivity contribution in [1.29, 1.82) is 0 Å². The second-order valence-electron chi connectivity index (χ2n) is 19.5. The Bertz CT molecular complexity index is 1540. The third kappa shape index (κ3) is 58.6. The molecule has 0 saturated heterocycles. The van der Waals surface area contributed by atoms with E-state index in [4.69, 9.17) is 14.2 Å². The molecule has 0 rings (SSSR count). The van der Waals surface area contributed by atoms with Gasteiger partial charge in [0.15, 0.2) is 6.10 Å². The molecule has 73 heavy (non-hydrogen) atoms. The van der Waals surface area contributed by atoms with Crippen LogP contribution < -0.4 is 0 Å². The molecule has 0 bridgehead atoms. The molecule has 0 fully saturated rings. The molecule has 0 heterocycles. The van der Waals surface area contributed by atoms with E-state index in [0.717, 1.165) is 109 Å². The molecule has 0 radical (unpaired) electrons. The molecule has 0 aliphatic heterocycles. The highest BCUT2D eigenvalue weighted by Gasteiger charge is 2.19. The third-order valence-corrected chi connectivity index (χ3v) is 12.5. The predicted molar refractivity (Wildman–Crippen MR) is 316 cm³/mol. The second kappa shape index (κ2) is 60.4. The summed E-state index contributed by atoms with van der Waals surface area (Å²) in [6, 6.07) is 0. The Morgan fingerprint density at radius 2 is 0.562 bits per heavy atom. The maximum Gasteiger partial charge on any atom is 0.306 e. The largest absolute Gasteiger partial charge is 0.462 e. The number of unbranched alkanes of at least 4 members (excludes halogenated alkanes) is 22. The summed E-state index contributed by atoms with van der Waals surface area (Å²) in [6.07, 6.45) is 83.4. The fourth-order valence-electron chi connectivity index (χ4n) is 8.05. The lowest BCUT2D eigenvalue weighted by Gasteiger charge is -2.18.